The summed E-state index contributed by atoms with van der Waals surface area (Å²) >= 11 is 12.5. The molecule has 2 aromatic carbocycles. The van der Waals surface area contributed by atoms with Crippen LogP contribution in [-0.2, 0) is 19.1 Å². The number of hydrogen-bond acceptors (Lipinski definition) is 5. The molecule has 156 valence electrons. The molecule has 1 heterocycles. The quantitative estimate of drug-likeness (QED) is 0.586. The Hall–Kier alpha value is -2.76. The van der Waals surface area contributed by atoms with Crippen molar-refractivity contribution >= 4 is 35.1 Å². The van der Waals surface area contributed by atoms with Crippen molar-refractivity contribution in [2.75, 3.05) is 14.2 Å². The van der Waals surface area contributed by atoms with Crippen LogP contribution < -0.4 is 0 Å². The van der Waals surface area contributed by atoms with E-state index < -0.39 is 17.9 Å². The Bertz CT molecular complexity index is 983. The Morgan fingerprint density at radius 2 is 1.50 bits per heavy atom. The average Bonchev–Trinajstić information content (AvgIpc) is 2.77. The van der Waals surface area contributed by atoms with E-state index in [1.165, 1.54) is 14.2 Å². The van der Waals surface area contributed by atoms with Gasteiger partial charge < -0.3 is 14.4 Å². The summed E-state index contributed by atoms with van der Waals surface area (Å²) in [5.41, 5.74) is 2.11. The van der Waals surface area contributed by atoms with Gasteiger partial charge in [-0.15, -0.1) is 0 Å². The van der Waals surface area contributed by atoms with Gasteiger partial charge in [-0.05, 0) is 30.2 Å². The minimum absolute atomic E-state index is 0.146. The Morgan fingerprint density at radius 3 is 2.00 bits per heavy atom. The molecule has 3 rings (SSSR count). The van der Waals surface area contributed by atoms with Gasteiger partial charge in [-0.25, -0.2) is 9.59 Å². The first kappa shape index (κ1) is 21.9. The van der Waals surface area contributed by atoms with E-state index in [0.29, 0.717) is 15.6 Å². The fourth-order valence-corrected chi connectivity index (χ4v) is 3.97. The molecule has 0 aliphatic carbocycles. The van der Waals surface area contributed by atoms with Crippen molar-refractivity contribution in [3.05, 3.63) is 93.2 Å². The second-order valence-electron chi connectivity index (χ2n) is 6.78. The topological polar surface area (TPSA) is 55.8 Å². The highest BCUT2D eigenvalue weighted by Crippen LogP contribution is 2.42. The van der Waals surface area contributed by atoms with Gasteiger partial charge in [0.25, 0.3) is 0 Å². The van der Waals surface area contributed by atoms with Crippen LogP contribution in [0.15, 0.2) is 72.1 Å². The van der Waals surface area contributed by atoms with Gasteiger partial charge >= 0.3 is 11.9 Å². The molecule has 1 atom stereocenters. The number of hydrogen-bond donors (Lipinski definition) is 0. The number of methoxy groups -OCH3 is 2. The fourth-order valence-electron chi connectivity index (χ4n) is 3.45. The minimum atomic E-state index is -0.756. The van der Waals surface area contributed by atoms with Crippen LogP contribution in [0.3, 0.4) is 0 Å². The molecule has 0 amide bonds. The Kier molecular flexibility index (Phi) is 6.85. The van der Waals surface area contributed by atoms with Crippen molar-refractivity contribution in [3.63, 3.8) is 0 Å². The van der Waals surface area contributed by atoms with Crippen LogP contribution in [0.4, 0.5) is 0 Å². The summed E-state index contributed by atoms with van der Waals surface area (Å²) in [7, 11) is 2.59. The van der Waals surface area contributed by atoms with Gasteiger partial charge in [0.2, 0.25) is 0 Å². The standard InChI is InChI=1S/C23H21Cl2NO4/c1-14(15-7-5-4-6-8-15)26-12-18(22(27)29-2)21(19(13-26)23(28)30-3)17-10-9-16(24)11-20(17)25/h4-14,21H,1-3H3. The number of esters is 2. The molecule has 0 N–H and O–H groups in total. The van der Waals surface area contributed by atoms with Crippen LogP contribution in [0, 0.1) is 0 Å². The third-order valence-corrected chi connectivity index (χ3v) is 5.61. The summed E-state index contributed by atoms with van der Waals surface area (Å²) in [6, 6.07) is 14.5. The smallest absolute Gasteiger partial charge is 0.336 e. The number of halogens is 2. The van der Waals surface area contributed by atoms with E-state index >= 15 is 0 Å². The molecular weight excluding hydrogens is 425 g/mol. The first-order valence-corrected chi connectivity index (χ1v) is 10.00. The second-order valence-corrected chi connectivity index (χ2v) is 7.63. The van der Waals surface area contributed by atoms with Gasteiger partial charge in [0, 0.05) is 22.4 Å². The SMILES string of the molecule is COC(=O)C1=CN(C(C)c2ccccc2)C=C(C(=O)OC)C1c1ccc(Cl)cc1Cl. The molecule has 0 spiro atoms. The third-order valence-electron chi connectivity index (χ3n) is 5.04. The van der Waals surface area contributed by atoms with E-state index in [1.54, 1.807) is 35.5 Å². The van der Waals surface area contributed by atoms with Crippen LogP contribution in [0.2, 0.25) is 10.0 Å². The molecule has 0 radical (unpaired) electrons. The van der Waals surface area contributed by atoms with Gasteiger partial charge in [0.15, 0.2) is 0 Å². The fraction of sp³-hybridized carbons (Fsp3) is 0.217. The van der Waals surface area contributed by atoms with Crippen molar-refractivity contribution in [2.45, 2.75) is 18.9 Å². The average molecular weight is 446 g/mol. The molecular formula is C23H21Cl2NO4. The van der Waals surface area contributed by atoms with Crippen molar-refractivity contribution in [1.29, 1.82) is 0 Å². The lowest BCUT2D eigenvalue weighted by Crippen LogP contribution is -2.30. The van der Waals surface area contributed by atoms with Crippen molar-refractivity contribution < 1.29 is 19.1 Å². The minimum Gasteiger partial charge on any atom is -0.466 e. The highest BCUT2D eigenvalue weighted by atomic mass is 35.5. The molecule has 2 aromatic rings. The predicted molar refractivity (Wildman–Crippen MR) is 116 cm³/mol. The predicted octanol–water partition coefficient (Wildman–Crippen LogP) is 5.27. The zero-order valence-corrected chi connectivity index (χ0v) is 18.3. The third kappa shape index (κ3) is 4.37. The maximum absolute atomic E-state index is 12.7. The molecule has 0 saturated carbocycles. The Balaban J connectivity index is 2.17. The largest absolute Gasteiger partial charge is 0.466 e. The maximum Gasteiger partial charge on any atom is 0.336 e. The highest BCUT2D eigenvalue weighted by Gasteiger charge is 2.37. The summed E-state index contributed by atoms with van der Waals surface area (Å²) in [4.78, 5) is 27.2. The van der Waals surface area contributed by atoms with Crippen LogP contribution in [0.5, 0.6) is 0 Å². The number of carbonyl (C=O) groups is 2. The van der Waals surface area contributed by atoms with E-state index in [9.17, 15) is 9.59 Å². The van der Waals surface area contributed by atoms with E-state index in [0.717, 1.165) is 5.56 Å². The lowest BCUT2D eigenvalue weighted by molar-refractivity contribution is -0.137. The van der Waals surface area contributed by atoms with E-state index in [2.05, 4.69) is 0 Å². The first-order chi connectivity index (χ1) is 14.4. The van der Waals surface area contributed by atoms with Gasteiger partial charge in [-0.1, -0.05) is 59.6 Å². The van der Waals surface area contributed by atoms with E-state index in [-0.39, 0.29) is 17.2 Å². The molecule has 30 heavy (non-hydrogen) atoms. The van der Waals surface area contributed by atoms with Crippen molar-refractivity contribution in [1.82, 2.24) is 4.90 Å². The molecule has 0 aromatic heterocycles. The zero-order chi connectivity index (χ0) is 21.8. The lowest BCUT2D eigenvalue weighted by Gasteiger charge is -2.34. The summed E-state index contributed by atoms with van der Waals surface area (Å²) in [6.07, 6.45) is 3.37. The maximum atomic E-state index is 12.7. The summed E-state index contributed by atoms with van der Waals surface area (Å²) in [5, 5.41) is 0.785. The first-order valence-electron chi connectivity index (χ1n) is 9.24. The zero-order valence-electron chi connectivity index (χ0n) is 16.8. The molecule has 0 fully saturated rings. The van der Waals surface area contributed by atoms with Crippen LogP contribution in [0.1, 0.15) is 30.0 Å². The highest BCUT2D eigenvalue weighted by molar-refractivity contribution is 6.35. The summed E-state index contributed by atoms with van der Waals surface area (Å²) < 4.78 is 10.0. The molecule has 1 unspecified atom stereocenters. The monoisotopic (exact) mass is 445 g/mol. The molecule has 7 heteroatoms. The molecule has 1 aliphatic rings. The van der Waals surface area contributed by atoms with Gasteiger partial charge in [-0.2, -0.15) is 0 Å². The second kappa shape index (κ2) is 9.37. The lowest BCUT2D eigenvalue weighted by atomic mass is 9.83. The number of rotatable bonds is 5. The Labute approximate surface area is 185 Å². The summed E-state index contributed by atoms with van der Waals surface area (Å²) in [5.74, 6) is -1.88. The Morgan fingerprint density at radius 1 is 0.933 bits per heavy atom. The number of benzene rings is 2. The molecule has 0 bridgehead atoms. The number of ether oxygens (including phenoxy) is 2. The van der Waals surface area contributed by atoms with Gasteiger partial charge in [0.1, 0.15) is 0 Å². The normalized spacial score (nSPS) is 15.2. The number of carbonyl (C=O) groups excluding carboxylic acids is 2. The number of nitrogens with zero attached hydrogens (tertiary/aromatic N) is 1. The van der Waals surface area contributed by atoms with Crippen LogP contribution in [0.25, 0.3) is 0 Å². The molecule has 5 nitrogen and oxygen atoms in total. The van der Waals surface area contributed by atoms with Crippen LogP contribution >= 0.6 is 23.2 Å². The molecule has 0 saturated heterocycles. The molecule has 1 aliphatic heterocycles. The van der Waals surface area contributed by atoms with E-state index in [4.69, 9.17) is 32.7 Å². The summed E-state index contributed by atoms with van der Waals surface area (Å²) in [6.45, 7) is 1.97. The van der Waals surface area contributed by atoms with Crippen molar-refractivity contribution in [3.8, 4) is 0 Å². The van der Waals surface area contributed by atoms with Crippen molar-refractivity contribution in [2.24, 2.45) is 0 Å². The van der Waals surface area contributed by atoms with Gasteiger partial charge in [0.05, 0.1) is 37.3 Å². The van der Waals surface area contributed by atoms with E-state index in [1.807, 2.05) is 37.3 Å². The van der Waals surface area contributed by atoms with Crippen LogP contribution in [-0.4, -0.2) is 31.1 Å². The van der Waals surface area contributed by atoms with Gasteiger partial charge in [-0.3, -0.25) is 0 Å².